The number of H-pyrrole nitrogens is 1. The maximum absolute atomic E-state index is 12.5. The van der Waals surface area contributed by atoms with Crippen LogP contribution in [-0.4, -0.2) is 18.6 Å². The predicted octanol–water partition coefficient (Wildman–Crippen LogP) is 1.87. The van der Waals surface area contributed by atoms with E-state index in [1.54, 1.807) is 38.1 Å². The van der Waals surface area contributed by atoms with Crippen molar-refractivity contribution < 1.29 is 8.42 Å². The largest absolute Gasteiger partial charge is 0.325 e. The summed E-state index contributed by atoms with van der Waals surface area (Å²) in [6.45, 7) is 3.46. The molecule has 0 bridgehead atoms. The molecule has 0 fully saturated rings. The van der Waals surface area contributed by atoms with Crippen LogP contribution in [0.25, 0.3) is 0 Å². The second-order valence-electron chi connectivity index (χ2n) is 4.72. The van der Waals surface area contributed by atoms with E-state index in [4.69, 9.17) is 17.3 Å². The van der Waals surface area contributed by atoms with Crippen molar-refractivity contribution in [3.05, 3.63) is 46.2 Å². The smallest absolute Gasteiger partial charge is 0.244 e. The fourth-order valence-corrected chi connectivity index (χ4v) is 3.81. The summed E-state index contributed by atoms with van der Waals surface area (Å²) >= 11 is 5.83. The summed E-state index contributed by atoms with van der Waals surface area (Å²) in [5.41, 5.74) is 7.13. The van der Waals surface area contributed by atoms with Gasteiger partial charge in [0.2, 0.25) is 10.0 Å². The SMILES string of the molecule is Cc1[nH]nc(CN)c1S(=O)(=O)NC(C)c1ccc(Cl)cc1. The molecule has 114 valence electrons. The number of aryl methyl sites for hydroxylation is 1. The van der Waals surface area contributed by atoms with E-state index in [2.05, 4.69) is 14.9 Å². The number of halogens is 1. The van der Waals surface area contributed by atoms with Gasteiger partial charge in [0, 0.05) is 17.6 Å². The third-order valence-electron chi connectivity index (χ3n) is 3.13. The van der Waals surface area contributed by atoms with Crippen LogP contribution < -0.4 is 10.5 Å². The second-order valence-corrected chi connectivity index (χ2v) is 6.81. The molecule has 0 radical (unpaired) electrons. The first-order valence-electron chi connectivity index (χ1n) is 6.37. The van der Waals surface area contributed by atoms with Crippen LogP contribution in [0.4, 0.5) is 0 Å². The Morgan fingerprint density at radius 1 is 1.38 bits per heavy atom. The maximum Gasteiger partial charge on any atom is 0.244 e. The molecule has 8 heteroatoms. The van der Waals surface area contributed by atoms with Crippen molar-refractivity contribution in [1.82, 2.24) is 14.9 Å². The second kappa shape index (κ2) is 6.15. The van der Waals surface area contributed by atoms with Gasteiger partial charge in [-0.15, -0.1) is 0 Å². The number of aromatic amines is 1. The zero-order chi connectivity index (χ0) is 15.6. The Hall–Kier alpha value is -1.41. The minimum atomic E-state index is -3.70. The van der Waals surface area contributed by atoms with Crippen molar-refractivity contribution in [2.75, 3.05) is 0 Å². The van der Waals surface area contributed by atoms with Crippen LogP contribution in [0.3, 0.4) is 0 Å². The van der Waals surface area contributed by atoms with Gasteiger partial charge in [-0.3, -0.25) is 5.10 Å². The molecule has 1 aromatic heterocycles. The van der Waals surface area contributed by atoms with E-state index in [1.807, 2.05) is 0 Å². The molecule has 2 aromatic rings. The molecule has 0 aliphatic carbocycles. The van der Waals surface area contributed by atoms with Crippen LogP contribution >= 0.6 is 11.6 Å². The monoisotopic (exact) mass is 328 g/mol. The number of hydrogen-bond donors (Lipinski definition) is 3. The molecule has 21 heavy (non-hydrogen) atoms. The molecule has 4 N–H and O–H groups in total. The molecular formula is C13H17ClN4O2S. The lowest BCUT2D eigenvalue weighted by molar-refractivity contribution is 0.565. The first kappa shape index (κ1) is 16.0. The molecule has 2 rings (SSSR count). The summed E-state index contributed by atoms with van der Waals surface area (Å²) in [6, 6.07) is 6.60. The van der Waals surface area contributed by atoms with Gasteiger partial charge in [-0.25, -0.2) is 13.1 Å². The first-order chi connectivity index (χ1) is 9.85. The van der Waals surface area contributed by atoms with E-state index in [-0.39, 0.29) is 11.4 Å². The summed E-state index contributed by atoms with van der Waals surface area (Å²) in [5, 5.41) is 7.16. The van der Waals surface area contributed by atoms with Gasteiger partial charge in [0.15, 0.2) is 0 Å². The van der Waals surface area contributed by atoms with Crippen molar-refractivity contribution in [3.63, 3.8) is 0 Å². The van der Waals surface area contributed by atoms with Gasteiger partial charge < -0.3 is 5.73 Å². The first-order valence-corrected chi connectivity index (χ1v) is 8.23. The number of aromatic nitrogens is 2. The molecule has 1 atom stereocenters. The minimum absolute atomic E-state index is 0.0515. The Labute approximate surface area is 128 Å². The van der Waals surface area contributed by atoms with Crippen LogP contribution in [0, 0.1) is 6.92 Å². The molecule has 0 aliphatic rings. The number of sulfonamides is 1. The van der Waals surface area contributed by atoms with Gasteiger partial charge in [-0.2, -0.15) is 5.10 Å². The summed E-state index contributed by atoms with van der Waals surface area (Å²) in [5.74, 6) is 0. The number of benzene rings is 1. The van der Waals surface area contributed by atoms with E-state index in [9.17, 15) is 8.42 Å². The van der Waals surface area contributed by atoms with Crippen LogP contribution in [0.5, 0.6) is 0 Å². The molecular weight excluding hydrogens is 312 g/mol. The molecule has 0 aliphatic heterocycles. The molecule has 0 saturated heterocycles. The number of rotatable bonds is 5. The molecule has 1 aromatic carbocycles. The van der Waals surface area contributed by atoms with Crippen molar-refractivity contribution in [1.29, 1.82) is 0 Å². The van der Waals surface area contributed by atoms with Crippen molar-refractivity contribution in [3.8, 4) is 0 Å². The fourth-order valence-electron chi connectivity index (χ4n) is 2.08. The molecule has 1 unspecified atom stereocenters. The normalized spacial score (nSPS) is 13.3. The molecule has 0 spiro atoms. The Morgan fingerprint density at radius 2 is 2.00 bits per heavy atom. The summed E-state index contributed by atoms with van der Waals surface area (Å²) in [6.07, 6.45) is 0. The van der Waals surface area contributed by atoms with Crippen LogP contribution in [0.1, 0.15) is 29.9 Å². The average molecular weight is 329 g/mol. The van der Waals surface area contributed by atoms with Crippen molar-refractivity contribution in [2.45, 2.75) is 31.3 Å². The topological polar surface area (TPSA) is 101 Å². The third kappa shape index (κ3) is 3.44. The highest BCUT2D eigenvalue weighted by Gasteiger charge is 2.25. The Bertz CT molecular complexity index is 725. The third-order valence-corrected chi connectivity index (χ3v) is 5.12. The Balaban J connectivity index is 2.28. The number of nitrogens with two attached hydrogens (primary N) is 1. The zero-order valence-electron chi connectivity index (χ0n) is 11.7. The van der Waals surface area contributed by atoms with Gasteiger partial charge in [0.1, 0.15) is 4.90 Å². The fraction of sp³-hybridized carbons (Fsp3) is 0.308. The minimum Gasteiger partial charge on any atom is -0.325 e. The summed E-state index contributed by atoms with van der Waals surface area (Å²) in [7, 11) is -3.70. The zero-order valence-corrected chi connectivity index (χ0v) is 13.3. The lowest BCUT2D eigenvalue weighted by Gasteiger charge is -2.15. The molecule has 1 heterocycles. The molecule has 6 nitrogen and oxygen atoms in total. The summed E-state index contributed by atoms with van der Waals surface area (Å²) < 4.78 is 27.6. The van der Waals surface area contributed by atoms with E-state index in [0.717, 1.165) is 5.56 Å². The Morgan fingerprint density at radius 3 is 2.57 bits per heavy atom. The van der Waals surface area contributed by atoms with Crippen LogP contribution in [0.15, 0.2) is 29.2 Å². The quantitative estimate of drug-likeness (QED) is 0.779. The van der Waals surface area contributed by atoms with E-state index in [1.165, 1.54) is 0 Å². The molecule has 0 saturated carbocycles. The van der Waals surface area contributed by atoms with Crippen LogP contribution in [0.2, 0.25) is 5.02 Å². The van der Waals surface area contributed by atoms with Gasteiger partial charge in [0.05, 0.1) is 11.4 Å². The Kier molecular flexibility index (Phi) is 4.67. The highest BCUT2D eigenvalue weighted by atomic mass is 35.5. The van der Waals surface area contributed by atoms with Gasteiger partial charge in [-0.05, 0) is 31.5 Å². The summed E-state index contributed by atoms with van der Waals surface area (Å²) in [4.78, 5) is 0.116. The average Bonchev–Trinajstić information content (AvgIpc) is 2.80. The lowest BCUT2D eigenvalue weighted by Crippen LogP contribution is -2.28. The number of nitrogens with zero attached hydrogens (tertiary/aromatic N) is 1. The van der Waals surface area contributed by atoms with Gasteiger partial charge in [0.25, 0.3) is 0 Å². The highest BCUT2D eigenvalue weighted by Crippen LogP contribution is 2.22. The number of nitrogens with one attached hydrogen (secondary N) is 2. The highest BCUT2D eigenvalue weighted by molar-refractivity contribution is 7.89. The standard InChI is InChI=1S/C13H17ClN4O2S/c1-8(10-3-5-11(14)6-4-10)18-21(19,20)13-9(2)16-17-12(13)7-15/h3-6,8,18H,7,15H2,1-2H3,(H,16,17). The van der Waals surface area contributed by atoms with Gasteiger partial charge >= 0.3 is 0 Å². The maximum atomic E-state index is 12.5. The lowest BCUT2D eigenvalue weighted by atomic mass is 10.1. The van der Waals surface area contributed by atoms with Crippen molar-refractivity contribution in [2.24, 2.45) is 5.73 Å². The number of hydrogen-bond acceptors (Lipinski definition) is 4. The molecule has 0 amide bonds. The van der Waals surface area contributed by atoms with Gasteiger partial charge in [-0.1, -0.05) is 23.7 Å². The van der Waals surface area contributed by atoms with E-state index in [0.29, 0.717) is 16.4 Å². The predicted molar refractivity (Wildman–Crippen MR) is 81.4 cm³/mol. The van der Waals surface area contributed by atoms with Crippen LogP contribution in [-0.2, 0) is 16.6 Å². The van der Waals surface area contributed by atoms with Crippen molar-refractivity contribution >= 4 is 21.6 Å². The van der Waals surface area contributed by atoms with E-state index < -0.39 is 16.1 Å². The van der Waals surface area contributed by atoms with E-state index >= 15 is 0 Å².